The first kappa shape index (κ1) is 13.0. The van der Waals surface area contributed by atoms with Crippen LogP contribution >= 0.6 is 0 Å². The van der Waals surface area contributed by atoms with Crippen molar-refractivity contribution in [2.45, 2.75) is 13.5 Å². The molecule has 1 rings (SSSR count). The van der Waals surface area contributed by atoms with E-state index < -0.39 is 5.91 Å². The molecule has 0 atom stereocenters. The Bertz CT molecular complexity index is 429. The van der Waals surface area contributed by atoms with Gasteiger partial charge in [0.25, 0.3) is 5.91 Å². The molecule has 0 radical (unpaired) electrons. The molecule has 0 unspecified atom stereocenters. The minimum absolute atomic E-state index is 0.220. The van der Waals surface area contributed by atoms with E-state index in [1.807, 2.05) is 13.0 Å². The molecule has 1 N–H and O–H groups in total. The van der Waals surface area contributed by atoms with E-state index in [1.54, 1.807) is 20.3 Å². The summed E-state index contributed by atoms with van der Waals surface area (Å²) in [6.45, 7) is 2.12. The van der Waals surface area contributed by atoms with Gasteiger partial charge < -0.3 is 14.8 Å². The molecule has 0 aliphatic heterocycles. The lowest BCUT2D eigenvalue weighted by Gasteiger charge is -2.12. The second kappa shape index (κ2) is 5.89. The highest BCUT2D eigenvalue weighted by Gasteiger charge is 2.09. The molecule has 5 nitrogen and oxygen atoms in total. The second-order valence-electron chi connectivity index (χ2n) is 3.47. The van der Waals surface area contributed by atoms with Crippen LogP contribution in [0.5, 0.6) is 11.5 Å². The standard InChI is InChI=1S/C12H15NO4/c1-8-4-11(17-3)9(5-10(8)16-2)6-13-12(15)7-14/h4-5,7H,6H2,1-3H3,(H,13,15). The van der Waals surface area contributed by atoms with Crippen molar-refractivity contribution in [3.05, 3.63) is 23.3 Å². The van der Waals surface area contributed by atoms with Gasteiger partial charge in [0.2, 0.25) is 6.29 Å². The Morgan fingerprint density at radius 2 is 1.94 bits per heavy atom. The van der Waals surface area contributed by atoms with Gasteiger partial charge in [-0.1, -0.05) is 0 Å². The molecule has 0 heterocycles. The number of hydrogen-bond donors (Lipinski definition) is 1. The average Bonchev–Trinajstić information content (AvgIpc) is 2.36. The third-order valence-electron chi connectivity index (χ3n) is 2.36. The number of amides is 1. The van der Waals surface area contributed by atoms with Gasteiger partial charge in [0.1, 0.15) is 11.5 Å². The summed E-state index contributed by atoms with van der Waals surface area (Å²) in [5, 5.41) is 2.45. The summed E-state index contributed by atoms with van der Waals surface area (Å²) in [5.41, 5.74) is 1.69. The molecule has 1 amide bonds. The van der Waals surface area contributed by atoms with E-state index in [0.29, 0.717) is 11.5 Å². The highest BCUT2D eigenvalue weighted by atomic mass is 16.5. The number of aldehydes is 1. The van der Waals surface area contributed by atoms with Crippen molar-refractivity contribution in [3.8, 4) is 11.5 Å². The highest BCUT2D eigenvalue weighted by Crippen LogP contribution is 2.27. The van der Waals surface area contributed by atoms with E-state index in [4.69, 9.17) is 9.47 Å². The number of aryl methyl sites for hydroxylation is 1. The lowest BCUT2D eigenvalue weighted by molar-refractivity contribution is -0.131. The second-order valence-corrected chi connectivity index (χ2v) is 3.47. The van der Waals surface area contributed by atoms with E-state index in [-0.39, 0.29) is 12.8 Å². The molecule has 5 heteroatoms. The maximum atomic E-state index is 10.9. The van der Waals surface area contributed by atoms with Crippen LogP contribution in [0.25, 0.3) is 0 Å². The molecule has 0 saturated carbocycles. The van der Waals surface area contributed by atoms with Gasteiger partial charge in [-0.3, -0.25) is 9.59 Å². The molecule has 1 aromatic carbocycles. The number of nitrogens with one attached hydrogen (secondary N) is 1. The van der Waals surface area contributed by atoms with Crippen molar-refractivity contribution in [1.29, 1.82) is 0 Å². The van der Waals surface area contributed by atoms with Gasteiger partial charge in [0.05, 0.1) is 14.2 Å². The lowest BCUT2D eigenvalue weighted by atomic mass is 10.1. The summed E-state index contributed by atoms with van der Waals surface area (Å²) in [4.78, 5) is 21.0. The van der Waals surface area contributed by atoms with Crippen LogP contribution in [0.4, 0.5) is 0 Å². The maximum Gasteiger partial charge on any atom is 0.284 e. The Morgan fingerprint density at radius 3 is 2.47 bits per heavy atom. The summed E-state index contributed by atoms with van der Waals surface area (Å²) in [6, 6.07) is 3.60. The predicted molar refractivity (Wildman–Crippen MR) is 62.2 cm³/mol. The third kappa shape index (κ3) is 3.21. The number of rotatable bonds is 5. The van der Waals surface area contributed by atoms with Gasteiger partial charge in [-0.25, -0.2) is 0 Å². The molecule has 0 bridgehead atoms. The first-order valence-corrected chi connectivity index (χ1v) is 5.07. The van der Waals surface area contributed by atoms with E-state index in [2.05, 4.69) is 5.32 Å². The van der Waals surface area contributed by atoms with Gasteiger partial charge in [-0.15, -0.1) is 0 Å². The number of ether oxygens (including phenoxy) is 2. The van der Waals surface area contributed by atoms with Crippen LogP contribution in [0.3, 0.4) is 0 Å². The molecule has 0 saturated heterocycles. The maximum absolute atomic E-state index is 10.9. The monoisotopic (exact) mass is 237 g/mol. The van der Waals surface area contributed by atoms with Crippen molar-refractivity contribution in [1.82, 2.24) is 5.32 Å². The molecule has 0 spiro atoms. The molecular formula is C12H15NO4. The first-order chi connectivity index (χ1) is 8.12. The van der Waals surface area contributed by atoms with Crippen molar-refractivity contribution >= 4 is 12.2 Å². The number of hydrogen-bond acceptors (Lipinski definition) is 4. The topological polar surface area (TPSA) is 64.6 Å². The summed E-state index contributed by atoms with van der Waals surface area (Å²) in [6.07, 6.45) is 0.234. The van der Waals surface area contributed by atoms with Crippen LogP contribution in [-0.4, -0.2) is 26.4 Å². The Kier molecular flexibility index (Phi) is 4.51. The molecule has 0 fully saturated rings. The molecule has 92 valence electrons. The lowest BCUT2D eigenvalue weighted by Crippen LogP contribution is -2.23. The molecule has 1 aromatic rings. The fourth-order valence-electron chi connectivity index (χ4n) is 1.48. The van der Waals surface area contributed by atoms with Gasteiger partial charge in [0.15, 0.2) is 0 Å². The quantitative estimate of drug-likeness (QED) is 0.608. The fraction of sp³-hybridized carbons (Fsp3) is 0.333. The van der Waals surface area contributed by atoms with Gasteiger partial charge in [-0.2, -0.15) is 0 Å². The van der Waals surface area contributed by atoms with E-state index in [9.17, 15) is 9.59 Å². The zero-order valence-electron chi connectivity index (χ0n) is 10.1. The molecular weight excluding hydrogens is 222 g/mol. The average molecular weight is 237 g/mol. The highest BCUT2D eigenvalue weighted by molar-refractivity contribution is 6.23. The zero-order valence-corrected chi connectivity index (χ0v) is 10.1. The summed E-state index contributed by atoms with van der Waals surface area (Å²) in [5.74, 6) is 0.697. The Labute approximate surface area is 99.7 Å². The summed E-state index contributed by atoms with van der Waals surface area (Å²) < 4.78 is 10.4. The van der Waals surface area contributed by atoms with Crippen LogP contribution in [0, 0.1) is 6.92 Å². The van der Waals surface area contributed by atoms with Crippen molar-refractivity contribution in [3.63, 3.8) is 0 Å². The van der Waals surface area contributed by atoms with Gasteiger partial charge in [-0.05, 0) is 24.6 Å². The van der Waals surface area contributed by atoms with Crippen LogP contribution < -0.4 is 14.8 Å². The number of carbonyl (C=O) groups is 2. The Balaban J connectivity index is 2.95. The smallest absolute Gasteiger partial charge is 0.284 e. The Morgan fingerprint density at radius 1 is 1.29 bits per heavy atom. The minimum atomic E-state index is -0.661. The van der Waals surface area contributed by atoms with Crippen LogP contribution in [0.15, 0.2) is 12.1 Å². The van der Waals surface area contributed by atoms with Crippen LogP contribution in [0.1, 0.15) is 11.1 Å². The normalized spacial score (nSPS) is 9.59. The minimum Gasteiger partial charge on any atom is -0.496 e. The SMILES string of the molecule is COc1cc(CNC(=O)C=O)c(OC)cc1C. The first-order valence-electron chi connectivity index (χ1n) is 5.07. The molecule has 0 aliphatic rings. The summed E-state index contributed by atoms with van der Waals surface area (Å²) in [7, 11) is 3.12. The van der Waals surface area contributed by atoms with E-state index in [0.717, 1.165) is 11.1 Å². The predicted octanol–water partition coefficient (Wildman–Crippen LogP) is 0.827. The molecule has 0 aromatic heterocycles. The summed E-state index contributed by atoms with van der Waals surface area (Å²) >= 11 is 0. The number of methoxy groups -OCH3 is 2. The largest absolute Gasteiger partial charge is 0.496 e. The molecule has 17 heavy (non-hydrogen) atoms. The van der Waals surface area contributed by atoms with Crippen LogP contribution in [-0.2, 0) is 16.1 Å². The zero-order chi connectivity index (χ0) is 12.8. The van der Waals surface area contributed by atoms with Crippen molar-refractivity contribution in [2.75, 3.05) is 14.2 Å². The van der Waals surface area contributed by atoms with Crippen LogP contribution in [0.2, 0.25) is 0 Å². The Hall–Kier alpha value is -2.04. The van der Waals surface area contributed by atoms with Crippen molar-refractivity contribution in [2.24, 2.45) is 0 Å². The third-order valence-corrected chi connectivity index (χ3v) is 2.36. The van der Waals surface area contributed by atoms with Gasteiger partial charge >= 0.3 is 0 Å². The fourth-order valence-corrected chi connectivity index (χ4v) is 1.48. The number of benzene rings is 1. The van der Waals surface area contributed by atoms with Crippen molar-refractivity contribution < 1.29 is 19.1 Å². The van der Waals surface area contributed by atoms with E-state index >= 15 is 0 Å². The number of carbonyl (C=O) groups excluding carboxylic acids is 2. The molecule has 0 aliphatic carbocycles. The van der Waals surface area contributed by atoms with Gasteiger partial charge in [0, 0.05) is 12.1 Å². The van der Waals surface area contributed by atoms with E-state index in [1.165, 1.54) is 0 Å².